The van der Waals surface area contributed by atoms with E-state index in [1.807, 2.05) is 60.7 Å². The number of esters is 2. The van der Waals surface area contributed by atoms with Gasteiger partial charge in [0.2, 0.25) is 5.60 Å². The van der Waals surface area contributed by atoms with Gasteiger partial charge in [0.1, 0.15) is 6.10 Å². The summed E-state index contributed by atoms with van der Waals surface area (Å²) in [5.41, 5.74) is -0.201. The van der Waals surface area contributed by atoms with Crippen molar-refractivity contribution in [2.24, 2.45) is 0 Å². The van der Waals surface area contributed by atoms with E-state index in [4.69, 9.17) is 14.2 Å². The first-order valence-corrected chi connectivity index (χ1v) is 20.4. The van der Waals surface area contributed by atoms with Crippen LogP contribution in [0.5, 0.6) is 0 Å². The van der Waals surface area contributed by atoms with Gasteiger partial charge in [-0.1, -0.05) is 130 Å². The minimum absolute atomic E-state index is 0.138. The molecule has 3 fully saturated rings. The molecular formula is C45H64NO5+. The van der Waals surface area contributed by atoms with Gasteiger partial charge in [0.25, 0.3) is 0 Å². The maximum absolute atomic E-state index is 14.5. The summed E-state index contributed by atoms with van der Waals surface area (Å²) < 4.78 is 19.8. The Balaban J connectivity index is 1.07. The van der Waals surface area contributed by atoms with E-state index in [1.54, 1.807) is 0 Å². The molecule has 0 radical (unpaired) electrons. The van der Waals surface area contributed by atoms with Crippen LogP contribution in [0.25, 0.3) is 0 Å². The third-order valence-corrected chi connectivity index (χ3v) is 11.8. The number of allylic oxidation sites excluding steroid dienone is 4. The van der Waals surface area contributed by atoms with Crippen LogP contribution in [0, 0.1) is 0 Å². The van der Waals surface area contributed by atoms with Crippen molar-refractivity contribution in [1.29, 1.82) is 0 Å². The highest BCUT2D eigenvalue weighted by Crippen LogP contribution is 2.47. The van der Waals surface area contributed by atoms with E-state index in [0.717, 1.165) is 44.9 Å². The van der Waals surface area contributed by atoms with Crippen LogP contribution in [0.15, 0.2) is 85.0 Å². The summed E-state index contributed by atoms with van der Waals surface area (Å²) in [5.74, 6) is -0.730. The highest BCUT2D eigenvalue weighted by atomic mass is 16.7. The Morgan fingerprint density at radius 1 is 0.725 bits per heavy atom. The molecular weight excluding hydrogens is 634 g/mol. The van der Waals surface area contributed by atoms with Gasteiger partial charge in [-0.2, -0.15) is 0 Å². The second-order valence-electron chi connectivity index (χ2n) is 15.2. The molecule has 278 valence electrons. The summed E-state index contributed by atoms with van der Waals surface area (Å²) in [7, 11) is 0. The first kappa shape index (κ1) is 39.0. The van der Waals surface area contributed by atoms with Gasteiger partial charge in [-0.05, 0) is 49.7 Å². The van der Waals surface area contributed by atoms with Crippen LogP contribution in [0.4, 0.5) is 0 Å². The van der Waals surface area contributed by atoms with E-state index in [9.17, 15) is 9.59 Å². The van der Waals surface area contributed by atoms with Crippen LogP contribution in [0.2, 0.25) is 0 Å². The maximum atomic E-state index is 14.5. The van der Waals surface area contributed by atoms with Crippen molar-refractivity contribution in [3.63, 3.8) is 0 Å². The zero-order chi connectivity index (χ0) is 35.6. The lowest BCUT2D eigenvalue weighted by Gasteiger charge is -2.47. The lowest BCUT2D eigenvalue weighted by molar-refractivity contribution is -0.956. The average Bonchev–Trinajstić information content (AvgIpc) is 3.70. The number of rotatable bonds is 22. The van der Waals surface area contributed by atoms with Crippen LogP contribution in [0.3, 0.4) is 0 Å². The van der Waals surface area contributed by atoms with Crippen molar-refractivity contribution in [3.8, 4) is 0 Å². The molecule has 0 saturated carbocycles. The first-order valence-electron chi connectivity index (χ1n) is 20.4. The standard InChI is InChI=1S/C45H64NO5/c1-2-3-4-5-6-7-8-9-10-11-12-13-14-15-16-23-30-43(47)49-37-50-45(38-26-19-17-20-27-38,39-28-21-18-22-29-39)44(48)51-42-35-40-31-32-41(36-42)46(40)33-24-25-34-46/h6-7,9-10,17-22,26-29,40-42H,2-5,8,11-16,23-25,30-37H2,1H3/q+1/b7-6-,10-9-. The third kappa shape index (κ3) is 10.7. The summed E-state index contributed by atoms with van der Waals surface area (Å²) in [4.78, 5) is 27.3. The van der Waals surface area contributed by atoms with Gasteiger partial charge in [-0.3, -0.25) is 4.79 Å². The van der Waals surface area contributed by atoms with Crippen molar-refractivity contribution >= 4 is 11.9 Å². The Bertz CT molecular complexity index is 1310. The van der Waals surface area contributed by atoms with Crippen LogP contribution in [-0.4, -0.2) is 54.5 Å². The van der Waals surface area contributed by atoms with Crippen molar-refractivity contribution in [1.82, 2.24) is 0 Å². The summed E-state index contributed by atoms with van der Waals surface area (Å²) in [6, 6.07) is 20.2. The second kappa shape index (κ2) is 20.7. The lowest BCUT2D eigenvalue weighted by Crippen LogP contribution is -2.60. The molecule has 5 rings (SSSR count). The van der Waals surface area contributed by atoms with Crippen molar-refractivity contribution in [2.45, 2.75) is 153 Å². The fraction of sp³-hybridized carbons (Fsp3) is 0.600. The predicted molar refractivity (Wildman–Crippen MR) is 205 cm³/mol. The number of nitrogens with zero attached hydrogens (tertiary/aromatic N) is 1. The molecule has 1 spiro atoms. The van der Waals surface area contributed by atoms with E-state index in [2.05, 4.69) is 31.2 Å². The molecule has 6 heteroatoms. The largest absolute Gasteiger partial charge is 0.459 e. The molecule has 0 aromatic heterocycles. The molecule has 3 heterocycles. The summed E-state index contributed by atoms with van der Waals surface area (Å²) >= 11 is 0. The molecule has 0 N–H and O–H groups in total. The van der Waals surface area contributed by atoms with E-state index < -0.39 is 11.6 Å². The SMILES string of the molecule is CCCCC/C=C\C/C=C\CCCCCCCCC(=O)OCOC(C(=O)OC1CC2CCC(C1)[N+]21CCCC1)(c1ccccc1)c1ccccc1. The number of piperidine rings is 1. The van der Waals surface area contributed by atoms with Crippen molar-refractivity contribution in [3.05, 3.63) is 96.1 Å². The number of hydrogen-bond acceptors (Lipinski definition) is 5. The van der Waals surface area contributed by atoms with E-state index in [-0.39, 0.29) is 18.9 Å². The molecule has 3 aliphatic heterocycles. The summed E-state index contributed by atoms with van der Waals surface area (Å²) in [6.45, 7) is 4.47. The second-order valence-corrected chi connectivity index (χ2v) is 15.2. The predicted octanol–water partition coefficient (Wildman–Crippen LogP) is 10.5. The molecule has 2 aromatic carbocycles. The molecule has 2 unspecified atom stereocenters. The topological polar surface area (TPSA) is 61.8 Å². The molecule has 2 atom stereocenters. The smallest absolute Gasteiger partial charge is 0.348 e. The Morgan fingerprint density at radius 3 is 1.86 bits per heavy atom. The molecule has 2 aromatic rings. The fourth-order valence-electron chi connectivity index (χ4n) is 9.03. The Morgan fingerprint density at radius 2 is 1.27 bits per heavy atom. The van der Waals surface area contributed by atoms with Crippen LogP contribution >= 0.6 is 0 Å². The quantitative estimate of drug-likeness (QED) is 0.0403. The van der Waals surface area contributed by atoms with Gasteiger partial charge in [0.05, 0.1) is 25.2 Å². The zero-order valence-electron chi connectivity index (χ0n) is 31.4. The van der Waals surface area contributed by atoms with Gasteiger partial charge < -0.3 is 18.7 Å². The van der Waals surface area contributed by atoms with Crippen LogP contribution < -0.4 is 0 Å². The molecule has 3 saturated heterocycles. The lowest BCUT2D eigenvalue weighted by atomic mass is 9.85. The number of benzene rings is 2. The Hall–Kier alpha value is -3.22. The van der Waals surface area contributed by atoms with Gasteiger partial charge in [0.15, 0.2) is 6.79 Å². The molecule has 6 nitrogen and oxygen atoms in total. The third-order valence-electron chi connectivity index (χ3n) is 11.8. The number of carbonyl (C=O) groups excluding carboxylic acids is 2. The maximum Gasteiger partial charge on any atom is 0.348 e. The van der Waals surface area contributed by atoms with Gasteiger partial charge in [0, 0.05) is 44.9 Å². The normalized spacial score (nSPS) is 21.2. The molecule has 3 aliphatic rings. The van der Waals surface area contributed by atoms with Crippen LogP contribution in [0.1, 0.15) is 140 Å². The van der Waals surface area contributed by atoms with E-state index >= 15 is 0 Å². The van der Waals surface area contributed by atoms with E-state index in [0.29, 0.717) is 29.6 Å². The van der Waals surface area contributed by atoms with E-state index in [1.165, 1.54) is 88.2 Å². The highest BCUT2D eigenvalue weighted by Gasteiger charge is 2.57. The number of unbranched alkanes of at least 4 members (excludes halogenated alkanes) is 9. The monoisotopic (exact) mass is 698 g/mol. The van der Waals surface area contributed by atoms with Crippen molar-refractivity contribution in [2.75, 3.05) is 19.9 Å². The zero-order valence-corrected chi connectivity index (χ0v) is 31.4. The average molecular weight is 699 g/mol. The van der Waals surface area contributed by atoms with Gasteiger partial charge in [-0.25, -0.2) is 4.79 Å². The highest BCUT2D eigenvalue weighted by molar-refractivity contribution is 5.86. The number of ether oxygens (including phenoxy) is 3. The van der Waals surface area contributed by atoms with Gasteiger partial charge in [-0.15, -0.1) is 0 Å². The fourth-order valence-corrected chi connectivity index (χ4v) is 9.03. The van der Waals surface area contributed by atoms with Crippen LogP contribution in [-0.2, 0) is 29.4 Å². The molecule has 0 amide bonds. The van der Waals surface area contributed by atoms with Gasteiger partial charge >= 0.3 is 11.9 Å². The minimum Gasteiger partial charge on any atom is -0.459 e. The first-order chi connectivity index (χ1) is 25.1. The summed E-state index contributed by atoms with van der Waals surface area (Å²) in [5, 5.41) is 0. The molecule has 51 heavy (non-hydrogen) atoms. The number of carbonyl (C=O) groups is 2. The Labute approximate surface area is 308 Å². The molecule has 2 bridgehead atoms. The number of hydrogen-bond donors (Lipinski definition) is 0. The summed E-state index contributed by atoms with van der Waals surface area (Å²) in [6.07, 6.45) is 30.1. The molecule has 0 aliphatic carbocycles. The minimum atomic E-state index is -1.54. The number of quaternary nitrogens is 1. The Kier molecular flexibility index (Phi) is 15.8. The van der Waals surface area contributed by atoms with Crippen molar-refractivity contribution < 1.29 is 28.3 Å².